The maximum Gasteiger partial charge on any atom is 0.220 e. The lowest BCUT2D eigenvalue weighted by molar-refractivity contribution is -0.121. The van der Waals surface area contributed by atoms with Crippen molar-refractivity contribution in [2.24, 2.45) is 5.73 Å². The number of benzene rings is 1. The standard InChI is InChI=1S/C16H26N2O2/c1-16(2,17)10-9-15(19)18-11-6-12-20-13-14-7-4-3-5-8-14/h3-5,7-8H,6,9-13,17H2,1-2H3,(H,18,19). The molecular formula is C16H26N2O2. The lowest BCUT2D eigenvalue weighted by Gasteiger charge is -2.17. The Kier molecular flexibility index (Phi) is 7.26. The molecule has 0 aliphatic heterocycles. The number of nitrogens with one attached hydrogen (secondary N) is 1. The van der Waals surface area contributed by atoms with Gasteiger partial charge in [-0.05, 0) is 32.3 Å². The summed E-state index contributed by atoms with van der Waals surface area (Å²) in [6.07, 6.45) is 2.00. The molecule has 0 bridgehead atoms. The van der Waals surface area contributed by atoms with E-state index in [9.17, 15) is 4.79 Å². The van der Waals surface area contributed by atoms with Crippen molar-refractivity contribution in [1.82, 2.24) is 5.32 Å². The number of nitrogens with two attached hydrogens (primary N) is 1. The predicted molar refractivity (Wildman–Crippen MR) is 81.2 cm³/mol. The van der Waals surface area contributed by atoms with Crippen LogP contribution in [0.3, 0.4) is 0 Å². The van der Waals surface area contributed by atoms with Gasteiger partial charge >= 0.3 is 0 Å². The van der Waals surface area contributed by atoms with Crippen molar-refractivity contribution >= 4 is 5.91 Å². The predicted octanol–water partition coefficient (Wildman–Crippen LogP) is 2.23. The van der Waals surface area contributed by atoms with E-state index in [1.165, 1.54) is 5.56 Å². The molecule has 0 heterocycles. The molecule has 1 aromatic rings. The second-order valence-corrected chi connectivity index (χ2v) is 5.73. The first kappa shape index (κ1) is 16.7. The minimum Gasteiger partial charge on any atom is -0.377 e. The number of carbonyl (C=O) groups is 1. The first-order chi connectivity index (χ1) is 9.47. The number of rotatable bonds is 9. The van der Waals surface area contributed by atoms with Crippen LogP contribution in [0.4, 0.5) is 0 Å². The second-order valence-electron chi connectivity index (χ2n) is 5.73. The quantitative estimate of drug-likeness (QED) is 0.681. The first-order valence-electron chi connectivity index (χ1n) is 7.15. The molecule has 3 N–H and O–H groups in total. The van der Waals surface area contributed by atoms with E-state index in [4.69, 9.17) is 10.5 Å². The Hall–Kier alpha value is -1.39. The molecule has 1 rings (SSSR count). The third kappa shape index (κ3) is 8.67. The number of hydrogen-bond donors (Lipinski definition) is 2. The molecule has 0 aliphatic rings. The molecule has 112 valence electrons. The van der Waals surface area contributed by atoms with E-state index in [1.54, 1.807) is 0 Å². The molecule has 0 unspecified atom stereocenters. The first-order valence-corrected chi connectivity index (χ1v) is 7.15. The van der Waals surface area contributed by atoms with Gasteiger partial charge in [-0.25, -0.2) is 0 Å². The van der Waals surface area contributed by atoms with Crippen LogP contribution in [0.15, 0.2) is 30.3 Å². The Bertz CT molecular complexity index is 385. The highest BCUT2D eigenvalue weighted by Gasteiger charge is 2.12. The van der Waals surface area contributed by atoms with Crippen molar-refractivity contribution in [3.63, 3.8) is 0 Å². The highest BCUT2D eigenvalue weighted by molar-refractivity contribution is 5.75. The van der Waals surface area contributed by atoms with Gasteiger partial charge in [0, 0.05) is 25.1 Å². The summed E-state index contributed by atoms with van der Waals surface area (Å²) in [4.78, 5) is 11.5. The molecule has 0 saturated carbocycles. The normalized spacial score (nSPS) is 11.3. The molecule has 0 atom stereocenters. The monoisotopic (exact) mass is 278 g/mol. The van der Waals surface area contributed by atoms with Crippen LogP contribution in [-0.2, 0) is 16.1 Å². The minimum absolute atomic E-state index is 0.0617. The average Bonchev–Trinajstić information content (AvgIpc) is 2.41. The minimum atomic E-state index is -0.282. The maximum atomic E-state index is 11.5. The van der Waals surface area contributed by atoms with Crippen LogP contribution in [0, 0.1) is 0 Å². The highest BCUT2D eigenvalue weighted by atomic mass is 16.5. The van der Waals surface area contributed by atoms with Gasteiger partial charge in [0.15, 0.2) is 0 Å². The molecule has 4 heteroatoms. The van der Waals surface area contributed by atoms with Crippen molar-refractivity contribution < 1.29 is 9.53 Å². The number of carbonyl (C=O) groups excluding carboxylic acids is 1. The van der Waals surface area contributed by atoms with Gasteiger partial charge in [0.05, 0.1) is 6.61 Å². The number of ether oxygens (including phenoxy) is 1. The Balaban J connectivity index is 1.98. The Morgan fingerprint density at radius 2 is 2.00 bits per heavy atom. The molecule has 20 heavy (non-hydrogen) atoms. The molecule has 0 aromatic heterocycles. The largest absolute Gasteiger partial charge is 0.377 e. The summed E-state index contributed by atoms with van der Waals surface area (Å²) in [6.45, 7) is 5.78. The number of amides is 1. The van der Waals surface area contributed by atoms with Crippen molar-refractivity contribution in [1.29, 1.82) is 0 Å². The number of hydrogen-bond acceptors (Lipinski definition) is 3. The van der Waals surface area contributed by atoms with Crippen molar-refractivity contribution in [3.8, 4) is 0 Å². The maximum absolute atomic E-state index is 11.5. The highest BCUT2D eigenvalue weighted by Crippen LogP contribution is 2.06. The Labute approximate surface area is 121 Å². The SMILES string of the molecule is CC(C)(N)CCC(=O)NCCCOCc1ccccc1. The second kappa shape index (κ2) is 8.72. The van der Waals surface area contributed by atoms with Crippen LogP contribution < -0.4 is 11.1 Å². The summed E-state index contributed by atoms with van der Waals surface area (Å²) in [7, 11) is 0. The van der Waals surface area contributed by atoms with Crippen molar-refractivity contribution in [2.75, 3.05) is 13.2 Å². The van der Waals surface area contributed by atoms with E-state index in [-0.39, 0.29) is 11.4 Å². The lowest BCUT2D eigenvalue weighted by atomic mass is 10.00. The van der Waals surface area contributed by atoms with E-state index in [2.05, 4.69) is 5.32 Å². The Morgan fingerprint density at radius 1 is 1.30 bits per heavy atom. The van der Waals surface area contributed by atoms with Crippen LogP contribution in [0.25, 0.3) is 0 Å². The van der Waals surface area contributed by atoms with Gasteiger partial charge in [-0.2, -0.15) is 0 Å². The third-order valence-electron chi connectivity index (χ3n) is 2.90. The molecule has 0 radical (unpaired) electrons. The van der Waals surface area contributed by atoms with E-state index in [0.29, 0.717) is 32.6 Å². The third-order valence-corrected chi connectivity index (χ3v) is 2.90. The van der Waals surface area contributed by atoms with Crippen LogP contribution in [-0.4, -0.2) is 24.6 Å². The van der Waals surface area contributed by atoms with Gasteiger partial charge in [-0.1, -0.05) is 30.3 Å². The van der Waals surface area contributed by atoms with Gasteiger partial charge in [-0.15, -0.1) is 0 Å². The van der Waals surface area contributed by atoms with Crippen molar-refractivity contribution in [3.05, 3.63) is 35.9 Å². The summed E-state index contributed by atoms with van der Waals surface area (Å²) < 4.78 is 5.54. The zero-order valence-electron chi connectivity index (χ0n) is 12.5. The summed E-state index contributed by atoms with van der Waals surface area (Å²) in [5.41, 5.74) is 6.72. The summed E-state index contributed by atoms with van der Waals surface area (Å²) in [6, 6.07) is 10.1. The van der Waals surface area contributed by atoms with Crippen LogP contribution in [0.5, 0.6) is 0 Å². The molecule has 0 fully saturated rings. The fourth-order valence-electron chi connectivity index (χ4n) is 1.69. The van der Waals surface area contributed by atoms with Gasteiger partial charge in [-0.3, -0.25) is 4.79 Å². The molecule has 0 aliphatic carbocycles. The summed E-state index contributed by atoms with van der Waals surface area (Å²) >= 11 is 0. The van der Waals surface area contributed by atoms with Crippen LogP contribution in [0.1, 0.15) is 38.7 Å². The smallest absolute Gasteiger partial charge is 0.220 e. The van der Waals surface area contributed by atoms with Gasteiger partial charge in [0.2, 0.25) is 5.91 Å². The zero-order chi connectivity index (χ0) is 14.8. The molecule has 1 aromatic carbocycles. The average molecular weight is 278 g/mol. The lowest BCUT2D eigenvalue weighted by Crippen LogP contribution is -2.34. The summed E-state index contributed by atoms with van der Waals surface area (Å²) in [5, 5.41) is 2.88. The fourth-order valence-corrected chi connectivity index (χ4v) is 1.69. The van der Waals surface area contributed by atoms with Gasteiger partial charge in [0.25, 0.3) is 0 Å². The van der Waals surface area contributed by atoms with Gasteiger partial charge < -0.3 is 15.8 Å². The molecular weight excluding hydrogens is 252 g/mol. The van der Waals surface area contributed by atoms with E-state index < -0.39 is 0 Å². The van der Waals surface area contributed by atoms with Crippen LogP contribution in [0.2, 0.25) is 0 Å². The van der Waals surface area contributed by atoms with Crippen molar-refractivity contribution in [2.45, 2.75) is 45.3 Å². The molecule has 0 saturated heterocycles. The molecule has 0 spiro atoms. The zero-order valence-corrected chi connectivity index (χ0v) is 12.5. The Morgan fingerprint density at radius 3 is 2.65 bits per heavy atom. The van der Waals surface area contributed by atoms with E-state index >= 15 is 0 Å². The fraction of sp³-hybridized carbons (Fsp3) is 0.562. The van der Waals surface area contributed by atoms with Crippen LogP contribution >= 0.6 is 0 Å². The van der Waals surface area contributed by atoms with Gasteiger partial charge in [0.1, 0.15) is 0 Å². The van der Waals surface area contributed by atoms with E-state index in [0.717, 1.165) is 6.42 Å². The topological polar surface area (TPSA) is 64.4 Å². The molecule has 4 nitrogen and oxygen atoms in total. The summed E-state index contributed by atoms with van der Waals surface area (Å²) in [5.74, 6) is 0.0617. The van der Waals surface area contributed by atoms with E-state index in [1.807, 2.05) is 44.2 Å². The molecule has 1 amide bonds.